The monoisotopic (exact) mass is 362 g/mol. The van der Waals surface area contributed by atoms with Crippen LogP contribution in [0, 0.1) is 0 Å². The summed E-state index contributed by atoms with van der Waals surface area (Å²) in [5, 5.41) is 5.95. The SMILES string of the molecule is COC(=O)COC1(c2nc(Br)cs2)COC2(CNC2)C1. The number of hydrogen-bond acceptors (Lipinski definition) is 7. The average molecular weight is 363 g/mol. The van der Waals surface area contributed by atoms with Crippen molar-refractivity contribution in [3.63, 3.8) is 0 Å². The Labute approximate surface area is 128 Å². The number of esters is 1. The third-order valence-electron chi connectivity index (χ3n) is 3.67. The predicted octanol–water partition coefficient (Wildman–Crippen LogP) is 1.05. The Morgan fingerprint density at radius 1 is 1.65 bits per heavy atom. The molecule has 8 heteroatoms. The van der Waals surface area contributed by atoms with E-state index in [9.17, 15) is 4.79 Å². The van der Waals surface area contributed by atoms with Gasteiger partial charge < -0.3 is 19.5 Å². The first-order valence-electron chi connectivity index (χ1n) is 6.25. The number of rotatable bonds is 4. The zero-order valence-corrected chi connectivity index (χ0v) is 13.4. The maximum atomic E-state index is 11.4. The Morgan fingerprint density at radius 2 is 2.45 bits per heavy atom. The number of halogens is 1. The Balaban J connectivity index is 1.82. The molecular formula is C12H15BrN2O4S. The van der Waals surface area contributed by atoms with Gasteiger partial charge in [-0.2, -0.15) is 0 Å². The fourth-order valence-electron chi connectivity index (χ4n) is 2.53. The minimum atomic E-state index is -0.660. The molecule has 0 radical (unpaired) electrons. The molecule has 1 spiro atoms. The predicted molar refractivity (Wildman–Crippen MR) is 75.6 cm³/mol. The lowest BCUT2D eigenvalue weighted by Gasteiger charge is -2.38. The Hall–Kier alpha value is -0.540. The van der Waals surface area contributed by atoms with E-state index < -0.39 is 11.6 Å². The summed E-state index contributed by atoms with van der Waals surface area (Å²) in [5.74, 6) is -0.396. The largest absolute Gasteiger partial charge is 0.467 e. The second-order valence-corrected chi connectivity index (χ2v) is 6.76. The van der Waals surface area contributed by atoms with E-state index in [0.29, 0.717) is 13.0 Å². The highest BCUT2D eigenvalue weighted by Crippen LogP contribution is 2.45. The molecule has 1 aromatic rings. The molecule has 1 aromatic heterocycles. The highest BCUT2D eigenvalue weighted by molar-refractivity contribution is 9.10. The molecule has 3 rings (SSSR count). The van der Waals surface area contributed by atoms with Gasteiger partial charge in [-0.25, -0.2) is 9.78 Å². The van der Waals surface area contributed by atoms with Gasteiger partial charge in [0.15, 0.2) is 0 Å². The van der Waals surface area contributed by atoms with Crippen LogP contribution in [0.4, 0.5) is 0 Å². The van der Waals surface area contributed by atoms with Gasteiger partial charge in [-0.05, 0) is 15.9 Å². The van der Waals surface area contributed by atoms with E-state index in [2.05, 4.69) is 31.0 Å². The number of hydrogen-bond donors (Lipinski definition) is 1. The zero-order chi connectivity index (χ0) is 14.2. The van der Waals surface area contributed by atoms with Crippen LogP contribution in [0.1, 0.15) is 11.4 Å². The van der Waals surface area contributed by atoms with Gasteiger partial charge in [-0.15, -0.1) is 11.3 Å². The van der Waals surface area contributed by atoms with Crippen molar-refractivity contribution < 1.29 is 19.0 Å². The number of methoxy groups -OCH3 is 1. The van der Waals surface area contributed by atoms with Crippen molar-refractivity contribution in [1.29, 1.82) is 0 Å². The van der Waals surface area contributed by atoms with Gasteiger partial charge in [-0.3, -0.25) is 0 Å². The third kappa shape index (κ3) is 2.50. The van der Waals surface area contributed by atoms with Crippen LogP contribution in [-0.2, 0) is 24.6 Å². The fourth-order valence-corrected chi connectivity index (χ4v) is 3.93. The van der Waals surface area contributed by atoms with E-state index in [1.54, 1.807) is 0 Å². The van der Waals surface area contributed by atoms with Crippen LogP contribution in [0.15, 0.2) is 9.98 Å². The molecular weight excluding hydrogens is 348 g/mol. The summed E-state index contributed by atoms with van der Waals surface area (Å²) >= 11 is 4.86. The van der Waals surface area contributed by atoms with E-state index >= 15 is 0 Å². The van der Waals surface area contributed by atoms with Crippen molar-refractivity contribution >= 4 is 33.2 Å². The third-order valence-corrected chi connectivity index (χ3v) is 5.41. The van der Waals surface area contributed by atoms with E-state index in [1.165, 1.54) is 18.4 Å². The number of nitrogens with one attached hydrogen (secondary N) is 1. The highest BCUT2D eigenvalue weighted by atomic mass is 79.9. The second kappa shape index (κ2) is 5.34. The Bertz CT molecular complexity index is 519. The summed E-state index contributed by atoms with van der Waals surface area (Å²) in [6.07, 6.45) is 0.698. The van der Waals surface area contributed by atoms with Gasteiger partial charge in [-0.1, -0.05) is 0 Å². The standard InChI is InChI=1S/C12H15BrN2O4S/c1-17-9(16)2-18-12(10-15-8(13)3-20-10)4-11(19-7-12)5-14-6-11/h3,14H,2,4-7H2,1H3. The first-order valence-corrected chi connectivity index (χ1v) is 7.92. The molecule has 2 aliphatic rings. The Kier molecular flexibility index (Phi) is 3.85. The molecule has 2 aliphatic heterocycles. The minimum absolute atomic E-state index is 0.0967. The van der Waals surface area contributed by atoms with Gasteiger partial charge in [0.1, 0.15) is 21.8 Å². The first kappa shape index (κ1) is 14.4. The van der Waals surface area contributed by atoms with E-state index in [0.717, 1.165) is 22.7 Å². The lowest BCUT2D eigenvalue weighted by molar-refractivity contribution is -0.154. The lowest BCUT2D eigenvalue weighted by Crippen LogP contribution is -2.59. The highest BCUT2D eigenvalue weighted by Gasteiger charge is 2.55. The van der Waals surface area contributed by atoms with Crippen molar-refractivity contribution in [3.8, 4) is 0 Å². The average Bonchev–Trinajstić information content (AvgIpc) is 3.00. The Morgan fingerprint density at radius 3 is 2.95 bits per heavy atom. The molecule has 0 bridgehead atoms. The fraction of sp³-hybridized carbons (Fsp3) is 0.667. The molecule has 1 atom stereocenters. The van der Waals surface area contributed by atoms with Crippen molar-refractivity contribution in [2.24, 2.45) is 0 Å². The molecule has 0 amide bonds. The first-order chi connectivity index (χ1) is 9.57. The molecule has 6 nitrogen and oxygen atoms in total. The number of aromatic nitrogens is 1. The lowest BCUT2D eigenvalue weighted by atomic mass is 9.86. The molecule has 0 aliphatic carbocycles. The molecule has 3 heterocycles. The van der Waals surface area contributed by atoms with E-state index in [1.807, 2.05) is 5.38 Å². The number of nitrogens with zero attached hydrogens (tertiary/aromatic N) is 1. The maximum Gasteiger partial charge on any atom is 0.331 e. The number of carbonyl (C=O) groups excluding carboxylic acids is 1. The second-order valence-electron chi connectivity index (χ2n) is 5.09. The zero-order valence-electron chi connectivity index (χ0n) is 11.0. The van der Waals surface area contributed by atoms with Crippen molar-refractivity contribution in [2.75, 3.05) is 33.4 Å². The van der Waals surface area contributed by atoms with Crippen LogP contribution in [-0.4, -0.2) is 50.0 Å². The van der Waals surface area contributed by atoms with Crippen LogP contribution in [0.2, 0.25) is 0 Å². The molecule has 2 fully saturated rings. The van der Waals surface area contributed by atoms with E-state index in [4.69, 9.17) is 9.47 Å². The summed E-state index contributed by atoms with van der Waals surface area (Å²) in [5.41, 5.74) is -0.846. The normalized spacial score (nSPS) is 27.5. The van der Waals surface area contributed by atoms with Crippen LogP contribution in [0.25, 0.3) is 0 Å². The molecule has 0 saturated carbocycles. The summed E-state index contributed by atoms with van der Waals surface area (Å²) < 4.78 is 17.2. The molecule has 110 valence electrons. The quantitative estimate of drug-likeness (QED) is 0.807. The van der Waals surface area contributed by atoms with Gasteiger partial charge in [0.05, 0.1) is 19.3 Å². The van der Waals surface area contributed by atoms with Gasteiger partial charge >= 0.3 is 5.97 Å². The van der Waals surface area contributed by atoms with Crippen LogP contribution in [0.5, 0.6) is 0 Å². The van der Waals surface area contributed by atoms with Gasteiger partial charge in [0, 0.05) is 24.9 Å². The summed E-state index contributed by atoms with van der Waals surface area (Å²) in [4.78, 5) is 15.8. The molecule has 0 aromatic carbocycles. The summed E-state index contributed by atoms with van der Waals surface area (Å²) in [6, 6.07) is 0. The minimum Gasteiger partial charge on any atom is -0.467 e. The van der Waals surface area contributed by atoms with Crippen molar-refractivity contribution in [3.05, 3.63) is 15.0 Å². The van der Waals surface area contributed by atoms with E-state index in [-0.39, 0.29) is 12.2 Å². The van der Waals surface area contributed by atoms with Crippen LogP contribution < -0.4 is 5.32 Å². The number of thiazole rings is 1. The molecule has 1 N–H and O–H groups in total. The van der Waals surface area contributed by atoms with Crippen molar-refractivity contribution in [1.82, 2.24) is 10.3 Å². The van der Waals surface area contributed by atoms with Crippen molar-refractivity contribution in [2.45, 2.75) is 17.6 Å². The number of carbonyl (C=O) groups is 1. The van der Waals surface area contributed by atoms with Gasteiger partial charge in [0.2, 0.25) is 0 Å². The molecule has 2 saturated heterocycles. The smallest absolute Gasteiger partial charge is 0.331 e. The molecule has 20 heavy (non-hydrogen) atoms. The van der Waals surface area contributed by atoms with Crippen LogP contribution >= 0.6 is 27.3 Å². The molecule has 1 unspecified atom stereocenters. The van der Waals surface area contributed by atoms with Crippen LogP contribution in [0.3, 0.4) is 0 Å². The maximum absolute atomic E-state index is 11.4. The number of ether oxygens (including phenoxy) is 3. The topological polar surface area (TPSA) is 69.7 Å². The van der Waals surface area contributed by atoms with Gasteiger partial charge in [0.25, 0.3) is 0 Å². The summed E-state index contributed by atoms with van der Waals surface area (Å²) in [7, 11) is 1.35. The summed E-state index contributed by atoms with van der Waals surface area (Å²) in [6.45, 7) is 1.93.